The van der Waals surface area contributed by atoms with E-state index in [0.29, 0.717) is 5.92 Å². The van der Waals surface area contributed by atoms with Gasteiger partial charge >= 0.3 is 0 Å². The fraction of sp³-hybridized carbons (Fsp3) is 0.444. The van der Waals surface area contributed by atoms with E-state index in [1.165, 1.54) is 44.2 Å². The van der Waals surface area contributed by atoms with E-state index in [1.54, 1.807) is 0 Å². The molecule has 126 valence electrons. The van der Waals surface area contributed by atoms with Gasteiger partial charge in [-0.3, -0.25) is 9.59 Å². The van der Waals surface area contributed by atoms with E-state index in [0.717, 1.165) is 27.2 Å². The third-order valence-electron chi connectivity index (χ3n) is 5.03. The Hall–Kier alpha value is -1.92. The first-order valence-corrected chi connectivity index (χ1v) is 9.24. The van der Waals surface area contributed by atoms with Gasteiger partial charge in [0.05, 0.1) is 4.88 Å². The molecule has 0 spiro atoms. The van der Waals surface area contributed by atoms with Crippen LogP contribution in [0.1, 0.15) is 29.4 Å². The van der Waals surface area contributed by atoms with Gasteiger partial charge in [-0.25, -0.2) is 0 Å². The van der Waals surface area contributed by atoms with Gasteiger partial charge in [0, 0.05) is 29.9 Å². The molecule has 4 heterocycles. The topological polar surface area (TPSA) is 61.4 Å². The molecule has 0 aliphatic carbocycles. The van der Waals surface area contributed by atoms with Gasteiger partial charge in [0.2, 0.25) is 5.91 Å². The molecule has 1 aromatic carbocycles. The summed E-state index contributed by atoms with van der Waals surface area (Å²) in [4.78, 5) is 27.0. The van der Waals surface area contributed by atoms with E-state index in [1.807, 2.05) is 24.3 Å². The van der Waals surface area contributed by atoms with Crippen molar-refractivity contribution < 1.29 is 9.59 Å². The summed E-state index contributed by atoms with van der Waals surface area (Å²) in [7, 11) is 0. The lowest BCUT2D eigenvalue weighted by Crippen LogP contribution is -2.57. The molecule has 24 heavy (non-hydrogen) atoms. The van der Waals surface area contributed by atoms with Crippen LogP contribution in [0.5, 0.6) is 0 Å². The molecule has 2 aromatic rings. The second kappa shape index (κ2) is 6.18. The zero-order chi connectivity index (χ0) is 16.7. The summed E-state index contributed by atoms with van der Waals surface area (Å²) < 4.78 is 1.06. The van der Waals surface area contributed by atoms with Gasteiger partial charge in [-0.15, -0.1) is 11.3 Å². The Labute approximate surface area is 145 Å². The zero-order valence-electron chi connectivity index (χ0n) is 13.7. The molecule has 2 N–H and O–H groups in total. The molecular formula is C18H21N3O2S. The van der Waals surface area contributed by atoms with E-state index in [4.69, 9.17) is 0 Å². The van der Waals surface area contributed by atoms with Crippen LogP contribution in [0.2, 0.25) is 0 Å². The number of thiophene rings is 1. The predicted octanol–water partition coefficient (Wildman–Crippen LogP) is 2.68. The number of rotatable bonds is 3. The number of nitrogens with one attached hydrogen (secondary N) is 2. The van der Waals surface area contributed by atoms with Crippen molar-refractivity contribution in [2.24, 2.45) is 5.92 Å². The Balaban J connectivity index is 1.50. The Bertz CT molecular complexity index is 793. The first-order valence-electron chi connectivity index (χ1n) is 8.43. The van der Waals surface area contributed by atoms with Gasteiger partial charge in [0.25, 0.3) is 5.91 Å². The second-order valence-corrected chi connectivity index (χ2v) is 7.85. The predicted molar refractivity (Wildman–Crippen MR) is 96.5 cm³/mol. The SMILES string of the molecule is CC(=O)Nc1ccc2sc(C(=O)NC3CN4CCC3CC4)cc2c1. The van der Waals surface area contributed by atoms with Crippen LogP contribution in [0.15, 0.2) is 24.3 Å². The summed E-state index contributed by atoms with van der Waals surface area (Å²) in [5.41, 5.74) is 0.761. The van der Waals surface area contributed by atoms with Crippen LogP contribution in [0.25, 0.3) is 10.1 Å². The number of anilines is 1. The molecule has 2 amide bonds. The van der Waals surface area contributed by atoms with Crippen molar-refractivity contribution in [3.8, 4) is 0 Å². The van der Waals surface area contributed by atoms with Gasteiger partial charge in [0.1, 0.15) is 0 Å². The number of amides is 2. The Morgan fingerprint density at radius 1 is 1.21 bits per heavy atom. The van der Waals surface area contributed by atoms with Crippen LogP contribution in [0, 0.1) is 5.92 Å². The van der Waals surface area contributed by atoms with Crippen LogP contribution in [0.4, 0.5) is 5.69 Å². The average molecular weight is 343 g/mol. The summed E-state index contributed by atoms with van der Waals surface area (Å²) in [6, 6.07) is 7.94. The monoisotopic (exact) mass is 343 g/mol. The Morgan fingerprint density at radius 2 is 2.00 bits per heavy atom. The Morgan fingerprint density at radius 3 is 2.67 bits per heavy atom. The van der Waals surface area contributed by atoms with Crippen molar-refractivity contribution in [2.75, 3.05) is 25.0 Å². The molecule has 0 radical (unpaired) electrons. The molecule has 3 saturated heterocycles. The highest BCUT2D eigenvalue weighted by molar-refractivity contribution is 7.20. The molecule has 3 fully saturated rings. The number of benzene rings is 1. The normalized spacial score (nSPS) is 25.6. The minimum absolute atomic E-state index is 0.0241. The summed E-state index contributed by atoms with van der Waals surface area (Å²) >= 11 is 1.50. The van der Waals surface area contributed by atoms with E-state index in [-0.39, 0.29) is 17.9 Å². The van der Waals surface area contributed by atoms with E-state index in [9.17, 15) is 9.59 Å². The number of nitrogens with zero attached hydrogens (tertiary/aromatic N) is 1. The van der Waals surface area contributed by atoms with Crippen molar-refractivity contribution in [1.82, 2.24) is 10.2 Å². The molecule has 1 unspecified atom stereocenters. The highest BCUT2D eigenvalue weighted by Gasteiger charge is 2.35. The van der Waals surface area contributed by atoms with E-state index >= 15 is 0 Å². The molecule has 2 bridgehead atoms. The first kappa shape index (κ1) is 15.6. The van der Waals surface area contributed by atoms with Crippen LogP contribution >= 0.6 is 11.3 Å². The van der Waals surface area contributed by atoms with E-state index < -0.39 is 0 Å². The van der Waals surface area contributed by atoms with Crippen LogP contribution < -0.4 is 10.6 Å². The molecule has 6 heteroatoms. The van der Waals surface area contributed by atoms with Gasteiger partial charge in [-0.1, -0.05) is 0 Å². The van der Waals surface area contributed by atoms with Crippen LogP contribution in [-0.2, 0) is 4.79 Å². The first-order chi connectivity index (χ1) is 11.6. The number of carbonyl (C=O) groups excluding carboxylic acids is 2. The van der Waals surface area contributed by atoms with Crippen molar-refractivity contribution in [3.63, 3.8) is 0 Å². The molecule has 5 rings (SSSR count). The minimum atomic E-state index is -0.0927. The van der Waals surface area contributed by atoms with Gasteiger partial charge in [-0.05, 0) is 61.5 Å². The second-order valence-electron chi connectivity index (χ2n) is 6.76. The summed E-state index contributed by atoms with van der Waals surface area (Å²) in [5, 5.41) is 7.00. The maximum Gasteiger partial charge on any atom is 0.261 e. The maximum atomic E-state index is 12.6. The van der Waals surface area contributed by atoms with E-state index in [2.05, 4.69) is 15.5 Å². The summed E-state index contributed by atoms with van der Waals surface area (Å²) in [6.45, 7) is 4.82. The number of carbonyl (C=O) groups is 2. The van der Waals surface area contributed by atoms with Crippen LogP contribution in [-0.4, -0.2) is 42.4 Å². The van der Waals surface area contributed by atoms with Crippen molar-refractivity contribution in [1.29, 1.82) is 0 Å². The van der Waals surface area contributed by atoms with Crippen molar-refractivity contribution >= 4 is 38.9 Å². The molecule has 5 nitrogen and oxygen atoms in total. The summed E-state index contributed by atoms with van der Waals surface area (Å²) in [6.07, 6.45) is 2.38. The van der Waals surface area contributed by atoms with Crippen molar-refractivity contribution in [3.05, 3.63) is 29.1 Å². The quantitative estimate of drug-likeness (QED) is 0.901. The number of fused-ring (bicyclic) bond motifs is 4. The molecule has 1 aromatic heterocycles. The third kappa shape index (κ3) is 3.03. The van der Waals surface area contributed by atoms with Gasteiger partial charge < -0.3 is 15.5 Å². The lowest BCUT2D eigenvalue weighted by molar-refractivity contribution is -0.114. The largest absolute Gasteiger partial charge is 0.347 e. The maximum absolute atomic E-state index is 12.6. The van der Waals surface area contributed by atoms with Gasteiger partial charge in [0.15, 0.2) is 0 Å². The average Bonchev–Trinajstić information content (AvgIpc) is 2.99. The zero-order valence-corrected chi connectivity index (χ0v) is 14.5. The molecule has 3 aliphatic heterocycles. The van der Waals surface area contributed by atoms with Crippen LogP contribution in [0.3, 0.4) is 0 Å². The summed E-state index contributed by atoms with van der Waals surface area (Å²) in [5.74, 6) is 0.556. The lowest BCUT2D eigenvalue weighted by atomic mass is 9.84. The Kier molecular flexibility index (Phi) is 4.02. The number of hydrogen-bond donors (Lipinski definition) is 2. The fourth-order valence-electron chi connectivity index (χ4n) is 3.80. The number of piperidine rings is 3. The fourth-order valence-corrected chi connectivity index (χ4v) is 4.75. The minimum Gasteiger partial charge on any atom is -0.347 e. The van der Waals surface area contributed by atoms with Gasteiger partial charge in [-0.2, -0.15) is 0 Å². The highest BCUT2D eigenvalue weighted by Crippen LogP contribution is 2.30. The third-order valence-corrected chi connectivity index (χ3v) is 6.15. The molecule has 0 saturated carbocycles. The standard InChI is InChI=1S/C18H21N3O2S/c1-11(22)19-14-2-3-16-13(8-14)9-17(24-16)18(23)20-15-10-21-6-4-12(15)5-7-21/h2-3,8-9,12,15H,4-7,10H2,1H3,(H,19,22)(H,20,23). The molecular weight excluding hydrogens is 322 g/mol. The smallest absolute Gasteiger partial charge is 0.261 e. The molecule has 3 aliphatic rings. The molecule has 1 atom stereocenters. The number of hydrogen-bond acceptors (Lipinski definition) is 4. The highest BCUT2D eigenvalue weighted by atomic mass is 32.1. The lowest BCUT2D eigenvalue weighted by Gasteiger charge is -2.44. The van der Waals surface area contributed by atoms with Crippen molar-refractivity contribution in [2.45, 2.75) is 25.8 Å².